The molecule has 96 valence electrons. The van der Waals surface area contributed by atoms with Gasteiger partial charge in [-0.2, -0.15) is 10.2 Å². The Hall–Kier alpha value is -1.67. The van der Waals surface area contributed by atoms with Gasteiger partial charge >= 0.3 is 6.01 Å². The van der Waals surface area contributed by atoms with Crippen molar-refractivity contribution in [2.24, 2.45) is 5.92 Å². The second-order valence-electron chi connectivity index (χ2n) is 4.73. The number of rotatable bonds is 3. The van der Waals surface area contributed by atoms with Crippen LogP contribution >= 0.6 is 0 Å². The molecule has 1 N–H and O–H groups in total. The topological polar surface area (TPSA) is 79.0 Å². The molecule has 0 saturated heterocycles. The molecular weight excluding hydrogens is 230 g/mol. The van der Waals surface area contributed by atoms with Crippen LogP contribution in [0.1, 0.15) is 37.1 Å². The van der Waals surface area contributed by atoms with E-state index in [1.165, 1.54) is 0 Å². The van der Waals surface area contributed by atoms with Crippen LogP contribution in [0.4, 0.5) is 0 Å². The molecule has 1 aromatic rings. The molecule has 1 saturated carbocycles. The molecule has 0 amide bonds. The molecule has 1 aliphatic carbocycles. The number of hydrogen-bond donors (Lipinski definition) is 1. The zero-order valence-electron chi connectivity index (χ0n) is 10.5. The van der Waals surface area contributed by atoms with Crippen molar-refractivity contribution in [2.75, 3.05) is 6.61 Å². The highest BCUT2D eigenvalue weighted by molar-refractivity contribution is 5.23. The minimum Gasteiger partial charge on any atom is -0.460 e. The van der Waals surface area contributed by atoms with Crippen LogP contribution in [0.3, 0.4) is 0 Å². The van der Waals surface area contributed by atoms with Gasteiger partial charge in [0.2, 0.25) is 0 Å². The average Bonchev–Trinajstić information content (AvgIpc) is 2.39. The van der Waals surface area contributed by atoms with Gasteiger partial charge in [-0.1, -0.05) is 0 Å². The maximum Gasteiger partial charge on any atom is 0.318 e. The van der Waals surface area contributed by atoms with Crippen LogP contribution in [-0.2, 0) is 0 Å². The van der Waals surface area contributed by atoms with E-state index in [0.29, 0.717) is 17.6 Å². The molecule has 0 spiro atoms. The minimum absolute atomic E-state index is 0.0983. The van der Waals surface area contributed by atoms with Gasteiger partial charge in [0.1, 0.15) is 17.9 Å². The van der Waals surface area contributed by atoms with Crippen LogP contribution in [-0.4, -0.2) is 27.8 Å². The molecule has 5 nitrogen and oxygen atoms in total. The summed E-state index contributed by atoms with van der Waals surface area (Å²) in [5.41, 5.74) is 1.07. The fraction of sp³-hybridized carbons (Fsp3) is 0.615. The number of nitriles is 1. The number of aliphatic hydroxyl groups is 1. The summed E-state index contributed by atoms with van der Waals surface area (Å²) in [5.74, 6) is 0.401. The predicted octanol–water partition coefficient (Wildman–Crippen LogP) is 1.59. The molecule has 0 aliphatic heterocycles. The molecule has 0 aromatic carbocycles. The van der Waals surface area contributed by atoms with Gasteiger partial charge in [0.25, 0.3) is 0 Å². The van der Waals surface area contributed by atoms with E-state index in [4.69, 9.17) is 15.1 Å². The summed E-state index contributed by atoms with van der Waals surface area (Å²) in [5, 5.41) is 17.9. The summed E-state index contributed by atoms with van der Waals surface area (Å²) >= 11 is 0. The van der Waals surface area contributed by atoms with Crippen molar-refractivity contribution < 1.29 is 9.84 Å². The normalized spacial score (nSPS) is 23.4. The number of aryl methyl sites for hydroxylation is 1. The summed E-state index contributed by atoms with van der Waals surface area (Å²) in [6, 6.07) is 3.92. The molecule has 1 aromatic heterocycles. The van der Waals surface area contributed by atoms with E-state index in [1.807, 2.05) is 13.0 Å². The Kier molecular flexibility index (Phi) is 4.11. The largest absolute Gasteiger partial charge is 0.460 e. The van der Waals surface area contributed by atoms with Crippen molar-refractivity contribution in [3.8, 4) is 12.1 Å². The van der Waals surface area contributed by atoms with Crippen molar-refractivity contribution in [1.29, 1.82) is 5.26 Å². The lowest BCUT2D eigenvalue weighted by Gasteiger charge is -2.27. The third-order valence-corrected chi connectivity index (χ3v) is 3.27. The summed E-state index contributed by atoms with van der Waals surface area (Å²) in [7, 11) is 0. The molecule has 1 heterocycles. The summed E-state index contributed by atoms with van der Waals surface area (Å²) in [4.78, 5) is 8.22. The first kappa shape index (κ1) is 12.8. The van der Waals surface area contributed by atoms with E-state index in [2.05, 4.69) is 9.97 Å². The average molecular weight is 247 g/mol. The monoisotopic (exact) mass is 247 g/mol. The van der Waals surface area contributed by atoms with Gasteiger partial charge in [-0.05, 0) is 44.6 Å². The second-order valence-corrected chi connectivity index (χ2v) is 4.73. The Morgan fingerprint density at radius 1 is 1.39 bits per heavy atom. The minimum atomic E-state index is 0.0983. The molecule has 0 radical (unpaired) electrons. The lowest BCUT2D eigenvalue weighted by Crippen LogP contribution is -2.26. The first-order valence-electron chi connectivity index (χ1n) is 6.24. The fourth-order valence-electron chi connectivity index (χ4n) is 2.23. The van der Waals surface area contributed by atoms with Gasteiger partial charge in [-0.3, -0.25) is 0 Å². The lowest BCUT2D eigenvalue weighted by atomic mass is 9.88. The fourth-order valence-corrected chi connectivity index (χ4v) is 2.23. The highest BCUT2D eigenvalue weighted by Gasteiger charge is 2.22. The Labute approximate surface area is 106 Å². The van der Waals surface area contributed by atoms with Crippen molar-refractivity contribution in [3.05, 3.63) is 17.5 Å². The van der Waals surface area contributed by atoms with Crippen LogP contribution in [0.5, 0.6) is 6.01 Å². The Bertz CT molecular complexity index is 448. The zero-order valence-corrected chi connectivity index (χ0v) is 10.5. The van der Waals surface area contributed by atoms with Crippen molar-refractivity contribution in [3.63, 3.8) is 0 Å². The third-order valence-electron chi connectivity index (χ3n) is 3.27. The molecule has 5 heteroatoms. The van der Waals surface area contributed by atoms with Crippen molar-refractivity contribution >= 4 is 0 Å². The Morgan fingerprint density at radius 2 is 2.11 bits per heavy atom. The van der Waals surface area contributed by atoms with Gasteiger partial charge in [0.15, 0.2) is 0 Å². The van der Waals surface area contributed by atoms with Crippen LogP contribution in [0.2, 0.25) is 0 Å². The standard InChI is InChI=1S/C13H17N3O2/c1-9-6-11(7-14)16-13(15-9)18-12-4-2-10(8-17)3-5-12/h6,10,12,17H,2-5,8H2,1H3. The molecule has 1 fully saturated rings. The van der Waals surface area contributed by atoms with E-state index in [9.17, 15) is 0 Å². The molecule has 1 aliphatic rings. The molecular formula is C13H17N3O2. The molecule has 18 heavy (non-hydrogen) atoms. The maximum absolute atomic E-state index is 9.07. The van der Waals surface area contributed by atoms with Crippen LogP contribution in [0, 0.1) is 24.2 Å². The molecule has 0 atom stereocenters. The number of ether oxygens (including phenoxy) is 1. The smallest absolute Gasteiger partial charge is 0.318 e. The first-order valence-corrected chi connectivity index (χ1v) is 6.24. The molecule has 0 unspecified atom stereocenters. The number of aliphatic hydroxyl groups excluding tert-OH is 1. The number of hydrogen-bond acceptors (Lipinski definition) is 5. The quantitative estimate of drug-likeness (QED) is 0.877. The van der Waals surface area contributed by atoms with Gasteiger partial charge in [0, 0.05) is 12.3 Å². The highest BCUT2D eigenvalue weighted by atomic mass is 16.5. The zero-order chi connectivity index (χ0) is 13.0. The summed E-state index contributed by atoms with van der Waals surface area (Å²) in [6.45, 7) is 2.07. The van der Waals surface area contributed by atoms with Gasteiger partial charge < -0.3 is 9.84 Å². The van der Waals surface area contributed by atoms with Crippen LogP contribution in [0.25, 0.3) is 0 Å². The SMILES string of the molecule is Cc1cc(C#N)nc(OC2CCC(CO)CC2)n1. The Morgan fingerprint density at radius 3 is 2.72 bits per heavy atom. The van der Waals surface area contributed by atoms with E-state index >= 15 is 0 Å². The predicted molar refractivity (Wildman–Crippen MR) is 64.9 cm³/mol. The number of nitrogens with zero attached hydrogens (tertiary/aromatic N) is 3. The molecule has 0 bridgehead atoms. The second kappa shape index (κ2) is 5.78. The van der Waals surface area contributed by atoms with Crippen LogP contribution < -0.4 is 4.74 Å². The highest BCUT2D eigenvalue weighted by Crippen LogP contribution is 2.26. The lowest BCUT2D eigenvalue weighted by molar-refractivity contribution is 0.0964. The third kappa shape index (κ3) is 3.17. The van der Waals surface area contributed by atoms with E-state index in [1.54, 1.807) is 6.07 Å². The molecule has 2 rings (SSSR count). The first-order chi connectivity index (χ1) is 8.71. The van der Waals surface area contributed by atoms with E-state index in [0.717, 1.165) is 31.4 Å². The summed E-state index contributed by atoms with van der Waals surface area (Å²) in [6.07, 6.45) is 3.85. The van der Waals surface area contributed by atoms with E-state index in [-0.39, 0.29) is 12.7 Å². The van der Waals surface area contributed by atoms with Crippen molar-refractivity contribution in [2.45, 2.75) is 38.7 Å². The van der Waals surface area contributed by atoms with E-state index < -0.39 is 0 Å². The van der Waals surface area contributed by atoms with Gasteiger partial charge in [-0.25, -0.2) is 4.98 Å². The van der Waals surface area contributed by atoms with Crippen LogP contribution in [0.15, 0.2) is 6.07 Å². The Balaban J connectivity index is 1.98. The maximum atomic E-state index is 9.07. The van der Waals surface area contributed by atoms with Gasteiger partial charge in [0.05, 0.1) is 0 Å². The van der Waals surface area contributed by atoms with Gasteiger partial charge in [-0.15, -0.1) is 0 Å². The number of aromatic nitrogens is 2. The van der Waals surface area contributed by atoms with Crippen molar-refractivity contribution in [1.82, 2.24) is 9.97 Å². The summed E-state index contributed by atoms with van der Waals surface area (Å²) < 4.78 is 5.72.